The maximum Gasteiger partial charge on any atom is 0.161 e. The first-order chi connectivity index (χ1) is 8.08. The van der Waals surface area contributed by atoms with Crippen molar-refractivity contribution in [2.75, 3.05) is 13.2 Å². The van der Waals surface area contributed by atoms with Crippen molar-refractivity contribution in [1.82, 2.24) is 0 Å². The summed E-state index contributed by atoms with van der Waals surface area (Å²) in [5.41, 5.74) is -0.303. The van der Waals surface area contributed by atoms with Crippen LogP contribution in [-0.2, 0) is 9.47 Å². The first-order valence-corrected chi connectivity index (χ1v) is 5.13. The maximum absolute atomic E-state index is 13.3. The van der Waals surface area contributed by atoms with Crippen LogP contribution < -0.4 is 0 Å². The second-order valence-electron chi connectivity index (χ2n) is 3.71. The molecule has 1 aliphatic heterocycles. The highest BCUT2D eigenvalue weighted by atomic mass is 19.2. The molecule has 1 aliphatic rings. The van der Waals surface area contributed by atoms with Gasteiger partial charge in [-0.05, 0) is 6.07 Å². The summed E-state index contributed by atoms with van der Waals surface area (Å²) in [6, 6.07) is 1.05. The highest BCUT2D eigenvalue weighted by Crippen LogP contribution is 2.26. The van der Waals surface area contributed by atoms with Gasteiger partial charge in [-0.15, -0.1) is 0 Å². The molecule has 94 valence electrons. The second kappa shape index (κ2) is 5.03. The van der Waals surface area contributed by atoms with Crippen molar-refractivity contribution in [1.29, 1.82) is 0 Å². The van der Waals surface area contributed by atoms with Gasteiger partial charge in [0.15, 0.2) is 17.9 Å². The van der Waals surface area contributed by atoms with E-state index in [1.165, 1.54) is 0 Å². The summed E-state index contributed by atoms with van der Waals surface area (Å²) < 4.78 is 49.0. The topological polar surface area (TPSA) is 38.7 Å². The van der Waals surface area contributed by atoms with Crippen LogP contribution in [0.4, 0.5) is 13.2 Å². The van der Waals surface area contributed by atoms with E-state index in [0.717, 1.165) is 0 Å². The van der Waals surface area contributed by atoms with Crippen molar-refractivity contribution in [2.45, 2.75) is 18.8 Å². The highest BCUT2D eigenvalue weighted by Gasteiger charge is 2.24. The minimum Gasteiger partial charge on any atom is -0.388 e. The number of hydrogen-bond acceptors (Lipinski definition) is 3. The second-order valence-corrected chi connectivity index (χ2v) is 3.71. The number of aliphatic hydroxyl groups excluding tert-OH is 1. The minimum atomic E-state index is -1.30. The Kier molecular flexibility index (Phi) is 3.66. The Balaban J connectivity index is 2.12. The lowest BCUT2D eigenvalue weighted by atomic mass is 10.1. The molecular formula is C11H11F3O3. The van der Waals surface area contributed by atoms with Crippen molar-refractivity contribution >= 4 is 0 Å². The van der Waals surface area contributed by atoms with Gasteiger partial charge in [-0.2, -0.15) is 0 Å². The van der Waals surface area contributed by atoms with Gasteiger partial charge in [-0.25, -0.2) is 13.2 Å². The first-order valence-electron chi connectivity index (χ1n) is 5.13. The third kappa shape index (κ3) is 2.77. The van der Waals surface area contributed by atoms with E-state index in [1.54, 1.807) is 0 Å². The van der Waals surface area contributed by atoms with Gasteiger partial charge in [0.2, 0.25) is 0 Å². The predicted molar refractivity (Wildman–Crippen MR) is 51.6 cm³/mol. The number of aliphatic hydroxyl groups is 1. The van der Waals surface area contributed by atoms with Gasteiger partial charge in [0, 0.05) is 18.1 Å². The zero-order valence-electron chi connectivity index (χ0n) is 8.83. The van der Waals surface area contributed by atoms with Crippen molar-refractivity contribution in [2.24, 2.45) is 0 Å². The van der Waals surface area contributed by atoms with E-state index in [-0.39, 0.29) is 12.0 Å². The minimum absolute atomic E-state index is 0.0258. The normalized spacial score (nSPS) is 18.6. The van der Waals surface area contributed by atoms with E-state index >= 15 is 0 Å². The van der Waals surface area contributed by atoms with Gasteiger partial charge in [-0.3, -0.25) is 0 Å². The molecule has 1 unspecified atom stereocenters. The summed E-state index contributed by atoms with van der Waals surface area (Å²) in [6.07, 6.45) is -1.96. The van der Waals surface area contributed by atoms with Crippen LogP contribution in [0.3, 0.4) is 0 Å². The number of hydrogen-bond donors (Lipinski definition) is 1. The monoisotopic (exact) mass is 248 g/mol. The summed E-state index contributed by atoms with van der Waals surface area (Å²) in [5, 5.41) is 9.69. The molecule has 1 heterocycles. The molecule has 6 heteroatoms. The fourth-order valence-electron chi connectivity index (χ4n) is 1.65. The zero-order chi connectivity index (χ0) is 12.4. The Morgan fingerprint density at radius 2 is 1.71 bits per heavy atom. The molecule has 1 aromatic rings. The summed E-state index contributed by atoms with van der Waals surface area (Å²) in [4.78, 5) is 0. The van der Waals surface area contributed by atoms with Crippen LogP contribution in [0.5, 0.6) is 0 Å². The molecule has 1 saturated heterocycles. The molecule has 17 heavy (non-hydrogen) atoms. The van der Waals surface area contributed by atoms with Gasteiger partial charge < -0.3 is 14.6 Å². The summed E-state index contributed by atoms with van der Waals surface area (Å²) >= 11 is 0. The van der Waals surface area contributed by atoms with Gasteiger partial charge in [0.1, 0.15) is 5.82 Å². The lowest BCUT2D eigenvalue weighted by molar-refractivity contribution is -0.0712. The number of ether oxygens (including phenoxy) is 2. The van der Waals surface area contributed by atoms with Gasteiger partial charge in [-0.1, -0.05) is 0 Å². The maximum atomic E-state index is 13.3. The zero-order valence-corrected chi connectivity index (χ0v) is 8.83. The third-order valence-electron chi connectivity index (χ3n) is 2.51. The van der Waals surface area contributed by atoms with E-state index in [4.69, 9.17) is 9.47 Å². The van der Waals surface area contributed by atoms with Crippen LogP contribution in [0.2, 0.25) is 0 Å². The van der Waals surface area contributed by atoms with Gasteiger partial charge >= 0.3 is 0 Å². The molecule has 0 bridgehead atoms. The SMILES string of the molecule is OC(CC1OCCO1)c1cc(F)c(F)cc1F. The molecule has 0 aliphatic carbocycles. The lowest BCUT2D eigenvalue weighted by Crippen LogP contribution is -2.14. The molecule has 1 fully saturated rings. The molecule has 0 aromatic heterocycles. The number of halogens is 3. The van der Waals surface area contributed by atoms with Gasteiger partial charge in [0.25, 0.3) is 0 Å². The lowest BCUT2D eigenvalue weighted by Gasteiger charge is -2.15. The molecule has 0 radical (unpaired) electrons. The van der Waals surface area contributed by atoms with Crippen LogP contribution in [0.15, 0.2) is 12.1 Å². The summed E-state index contributed by atoms with van der Waals surface area (Å²) in [5.74, 6) is -3.48. The predicted octanol–water partition coefficient (Wildman–Crippen LogP) is 1.90. The summed E-state index contributed by atoms with van der Waals surface area (Å²) in [6.45, 7) is 0.801. The van der Waals surface area contributed by atoms with Crippen LogP contribution in [0, 0.1) is 17.5 Å². The third-order valence-corrected chi connectivity index (χ3v) is 2.51. The van der Waals surface area contributed by atoms with Crippen molar-refractivity contribution < 1.29 is 27.8 Å². The number of rotatable bonds is 3. The average Bonchev–Trinajstić information content (AvgIpc) is 2.76. The molecule has 0 amide bonds. The van der Waals surface area contributed by atoms with Crippen molar-refractivity contribution in [3.63, 3.8) is 0 Å². The largest absolute Gasteiger partial charge is 0.388 e. The molecule has 1 atom stereocenters. The Bertz CT molecular complexity index is 405. The van der Waals surface area contributed by atoms with Crippen LogP contribution in [0.25, 0.3) is 0 Å². The molecule has 1 aromatic carbocycles. The highest BCUT2D eigenvalue weighted by molar-refractivity contribution is 5.22. The van der Waals surface area contributed by atoms with Crippen LogP contribution in [0.1, 0.15) is 18.1 Å². The quantitative estimate of drug-likeness (QED) is 0.830. The molecule has 3 nitrogen and oxygen atoms in total. The van der Waals surface area contributed by atoms with Crippen molar-refractivity contribution in [3.05, 3.63) is 35.1 Å². The Labute approximate surface area is 95.8 Å². The van der Waals surface area contributed by atoms with Gasteiger partial charge in [0.05, 0.1) is 19.3 Å². The average molecular weight is 248 g/mol. The standard InChI is InChI=1S/C11H11F3O3/c12-7-4-9(14)8(13)3-6(7)10(15)5-11-16-1-2-17-11/h3-4,10-11,15H,1-2,5H2. The van der Waals surface area contributed by atoms with E-state index in [0.29, 0.717) is 25.3 Å². The van der Waals surface area contributed by atoms with E-state index in [1.807, 2.05) is 0 Å². The Hall–Kier alpha value is -1.11. The Morgan fingerprint density at radius 1 is 1.12 bits per heavy atom. The van der Waals surface area contributed by atoms with Crippen molar-refractivity contribution in [3.8, 4) is 0 Å². The smallest absolute Gasteiger partial charge is 0.161 e. The van der Waals surface area contributed by atoms with Crippen LogP contribution in [-0.4, -0.2) is 24.6 Å². The molecule has 2 rings (SSSR count). The van der Waals surface area contributed by atoms with E-state index in [9.17, 15) is 18.3 Å². The van der Waals surface area contributed by atoms with E-state index < -0.39 is 29.8 Å². The fourth-order valence-corrected chi connectivity index (χ4v) is 1.65. The molecular weight excluding hydrogens is 237 g/mol. The fraction of sp³-hybridized carbons (Fsp3) is 0.455. The molecule has 1 N–H and O–H groups in total. The molecule has 0 spiro atoms. The summed E-state index contributed by atoms with van der Waals surface area (Å²) in [7, 11) is 0. The molecule has 0 saturated carbocycles. The first kappa shape index (κ1) is 12.3. The Morgan fingerprint density at radius 3 is 2.35 bits per heavy atom. The van der Waals surface area contributed by atoms with Crippen LogP contribution >= 0.6 is 0 Å². The van der Waals surface area contributed by atoms with E-state index in [2.05, 4.69) is 0 Å². The number of benzene rings is 1.